The van der Waals surface area contributed by atoms with Crippen molar-refractivity contribution in [3.8, 4) is 0 Å². The lowest BCUT2D eigenvalue weighted by molar-refractivity contribution is -0.177. The van der Waals surface area contributed by atoms with Gasteiger partial charge < -0.3 is 24.2 Å². The maximum absolute atomic E-state index is 13.5. The van der Waals surface area contributed by atoms with Crippen molar-refractivity contribution in [1.82, 2.24) is 4.90 Å². The number of nitrogens with zero attached hydrogens (tertiary/aromatic N) is 1. The minimum absolute atomic E-state index is 0.0833. The van der Waals surface area contributed by atoms with Gasteiger partial charge in [0.25, 0.3) is 0 Å². The van der Waals surface area contributed by atoms with Crippen molar-refractivity contribution in [3.63, 3.8) is 0 Å². The van der Waals surface area contributed by atoms with Gasteiger partial charge in [-0.15, -0.1) is 0 Å². The van der Waals surface area contributed by atoms with Crippen LogP contribution in [0.15, 0.2) is 0 Å². The highest BCUT2D eigenvalue weighted by Crippen LogP contribution is 2.59. The Balaban J connectivity index is 3.03. The molecule has 0 aromatic carbocycles. The van der Waals surface area contributed by atoms with Crippen LogP contribution in [0, 0.1) is 27.1 Å². The van der Waals surface area contributed by atoms with Gasteiger partial charge in [-0.2, -0.15) is 0 Å². The third-order valence-corrected chi connectivity index (χ3v) is 9.53. The Kier molecular flexibility index (Phi) is 10.6. The van der Waals surface area contributed by atoms with Crippen LogP contribution in [-0.2, 0) is 32.9 Å². The number of carbonyl (C=O) groups is 3. The predicted octanol–water partition coefficient (Wildman–Crippen LogP) is 4.33. The van der Waals surface area contributed by atoms with E-state index in [-0.39, 0.29) is 25.1 Å². The topological polar surface area (TPSA) is 140 Å². The molecule has 0 aromatic heterocycles. The SMILES string of the molecule is CC(C)(C)C(C)(CC(C)(C)C(C)(C)C(C)(C)C(=O)OCCOP(=O)(O)O)C(=O)OCCN1CCCC1=O. The first-order chi connectivity index (χ1) is 16.5. The van der Waals surface area contributed by atoms with Gasteiger partial charge in [-0.05, 0) is 49.9 Å². The van der Waals surface area contributed by atoms with Crippen LogP contribution in [-0.4, -0.2) is 65.4 Å². The smallest absolute Gasteiger partial charge is 0.463 e. The Hall–Kier alpha value is -1.48. The second kappa shape index (κ2) is 11.7. The summed E-state index contributed by atoms with van der Waals surface area (Å²) in [4.78, 5) is 57.8. The molecule has 37 heavy (non-hydrogen) atoms. The number of phosphoric acid groups is 1. The maximum Gasteiger partial charge on any atom is 0.469 e. The zero-order chi connectivity index (χ0) is 29.1. The van der Waals surface area contributed by atoms with Gasteiger partial charge in [0.1, 0.15) is 13.2 Å². The molecule has 0 aliphatic carbocycles. The van der Waals surface area contributed by atoms with Crippen LogP contribution in [0.5, 0.6) is 0 Å². The summed E-state index contributed by atoms with van der Waals surface area (Å²) in [6.45, 7) is 19.8. The normalized spacial score (nSPS) is 17.5. The zero-order valence-corrected chi connectivity index (χ0v) is 25.2. The summed E-state index contributed by atoms with van der Waals surface area (Å²) in [6.07, 6.45) is 1.77. The molecule has 0 spiro atoms. The van der Waals surface area contributed by atoms with Gasteiger partial charge in [0.05, 0.1) is 24.0 Å². The Morgan fingerprint density at radius 3 is 1.89 bits per heavy atom. The number of likely N-dealkylation sites (tertiary alicyclic amines) is 1. The molecular weight excluding hydrogens is 501 g/mol. The Morgan fingerprint density at radius 2 is 1.43 bits per heavy atom. The van der Waals surface area contributed by atoms with Crippen LogP contribution in [0.3, 0.4) is 0 Å². The van der Waals surface area contributed by atoms with Crippen molar-refractivity contribution in [1.29, 1.82) is 0 Å². The lowest BCUT2D eigenvalue weighted by Gasteiger charge is -2.54. The fraction of sp³-hybridized carbons (Fsp3) is 0.885. The van der Waals surface area contributed by atoms with Gasteiger partial charge >= 0.3 is 19.8 Å². The molecule has 1 fully saturated rings. The molecule has 1 atom stereocenters. The van der Waals surface area contributed by atoms with Gasteiger partial charge in [0.15, 0.2) is 0 Å². The van der Waals surface area contributed by atoms with E-state index in [1.54, 1.807) is 18.7 Å². The van der Waals surface area contributed by atoms with Crippen LogP contribution in [0.25, 0.3) is 0 Å². The summed E-state index contributed by atoms with van der Waals surface area (Å²) in [5.74, 6) is -0.791. The van der Waals surface area contributed by atoms with Crippen LogP contribution < -0.4 is 0 Å². The van der Waals surface area contributed by atoms with Crippen LogP contribution >= 0.6 is 7.82 Å². The first-order valence-corrected chi connectivity index (χ1v) is 14.3. The molecule has 1 unspecified atom stereocenters. The minimum Gasteiger partial charge on any atom is -0.463 e. The van der Waals surface area contributed by atoms with Gasteiger partial charge in [-0.1, -0.05) is 48.5 Å². The van der Waals surface area contributed by atoms with Gasteiger partial charge in [0, 0.05) is 13.0 Å². The third-order valence-electron chi connectivity index (χ3n) is 9.01. The number of phosphoric ester groups is 1. The summed E-state index contributed by atoms with van der Waals surface area (Å²) >= 11 is 0. The van der Waals surface area contributed by atoms with E-state index in [0.29, 0.717) is 25.9 Å². The average molecular weight is 550 g/mol. The van der Waals surface area contributed by atoms with Gasteiger partial charge in [-0.3, -0.25) is 18.9 Å². The molecule has 10 nitrogen and oxygen atoms in total. The predicted molar refractivity (Wildman–Crippen MR) is 139 cm³/mol. The number of hydrogen-bond donors (Lipinski definition) is 2. The molecule has 216 valence electrons. The first-order valence-electron chi connectivity index (χ1n) is 12.8. The minimum atomic E-state index is -4.65. The maximum atomic E-state index is 13.5. The van der Waals surface area contributed by atoms with E-state index in [0.717, 1.165) is 6.42 Å². The Labute approximate surface area is 222 Å². The van der Waals surface area contributed by atoms with Crippen LogP contribution in [0.2, 0.25) is 0 Å². The fourth-order valence-corrected chi connectivity index (χ4v) is 4.98. The molecule has 1 aliphatic rings. The molecule has 1 amide bonds. The number of ether oxygens (including phenoxy) is 2. The van der Waals surface area contributed by atoms with Crippen LogP contribution in [0.4, 0.5) is 0 Å². The van der Waals surface area contributed by atoms with Crippen molar-refractivity contribution in [2.45, 2.75) is 88.5 Å². The standard InChI is InChI=1S/C26H48NO9P/c1-22(2,3)26(10,21(30)34-15-14-27-13-11-12-19(27)28)18-23(4,5)25(8,9)24(6,7)20(29)35-16-17-36-37(31,32)33/h11-18H2,1-10H3,(H2,31,32,33). The summed E-state index contributed by atoms with van der Waals surface area (Å²) in [5, 5.41) is 0. The molecule has 1 aliphatic heterocycles. The number of esters is 2. The van der Waals surface area contributed by atoms with Gasteiger partial charge in [-0.25, -0.2) is 4.57 Å². The fourth-order valence-electron chi connectivity index (χ4n) is 4.67. The number of hydrogen-bond acceptors (Lipinski definition) is 7. The summed E-state index contributed by atoms with van der Waals surface area (Å²) in [6, 6.07) is 0. The van der Waals surface area contributed by atoms with Crippen molar-refractivity contribution in [2.75, 3.05) is 32.9 Å². The number of carbonyl (C=O) groups excluding carboxylic acids is 3. The summed E-state index contributed by atoms with van der Waals surface area (Å²) in [5.41, 5.74) is -3.64. The van der Waals surface area contributed by atoms with Crippen molar-refractivity contribution < 1.29 is 42.7 Å². The summed E-state index contributed by atoms with van der Waals surface area (Å²) < 4.78 is 26.3. The zero-order valence-electron chi connectivity index (χ0n) is 24.3. The lowest BCUT2D eigenvalue weighted by Crippen LogP contribution is -2.54. The van der Waals surface area contributed by atoms with E-state index < -0.39 is 47.5 Å². The Morgan fingerprint density at radius 1 is 0.892 bits per heavy atom. The van der Waals surface area contributed by atoms with Crippen LogP contribution in [0.1, 0.15) is 88.5 Å². The first kappa shape index (κ1) is 33.5. The highest BCUT2D eigenvalue weighted by atomic mass is 31.2. The number of rotatable bonds is 13. The average Bonchev–Trinajstić information content (AvgIpc) is 3.13. The van der Waals surface area contributed by atoms with E-state index in [2.05, 4.69) is 4.52 Å². The second-order valence-electron chi connectivity index (χ2n) is 13.0. The molecule has 1 heterocycles. The van der Waals surface area contributed by atoms with E-state index >= 15 is 0 Å². The largest absolute Gasteiger partial charge is 0.469 e. The van der Waals surface area contributed by atoms with E-state index in [9.17, 15) is 18.9 Å². The quantitative estimate of drug-likeness (QED) is 0.195. The molecule has 0 radical (unpaired) electrons. The monoisotopic (exact) mass is 549 g/mol. The van der Waals surface area contributed by atoms with Crippen molar-refractivity contribution in [3.05, 3.63) is 0 Å². The summed E-state index contributed by atoms with van der Waals surface area (Å²) in [7, 11) is -4.65. The molecule has 0 aromatic rings. The molecular formula is C26H48NO9P. The van der Waals surface area contributed by atoms with Crippen molar-refractivity contribution >= 4 is 25.7 Å². The van der Waals surface area contributed by atoms with E-state index in [4.69, 9.17) is 19.3 Å². The molecule has 1 saturated heterocycles. The Bertz CT molecular complexity index is 885. The highest BCUT2D eigenvalue weighted by Gasteiger charge is 2.57. The van der Waals surface area contributed by atoms with Gasteiger partial charge in [0.2, 0.25) is 5.91 Å². The highest BCUT2D eigenvalue weighted by molar-refractivity contribution is 7.46. The van der Waals surface area contributed by atoms with Crippen molar-refractivity contribution in [2.24, 2.45) is 27.1 Å². The lowest BCUT2D eigenvalue weighted by atomic mass is 9.49. The van der Waals surface area contributed by atoms with E-state index in [1.165, 1.54) is 0 Å². The molecule has 11 heteroatoms. The molecule has 1 rings (SSSR count). The van der Waals surface area contributed by atoms with E-state index in [1.807, 2.05) is 55.4 Å². The molecule has 0 bridgehead atoms. The molecule has 0 saturated carbocycles. The second-order valence-corrected chi connectivity index (χ2v) is 14.2. The third kappa shape index (κ3) is 8.01. The number of amides is 1. The molecule has 2 N–H and O–H groups in total.